The van der Waals surface area contributed by atoms with Crippen LogP contribution < -0.4 is 10.2 Å². The highest BCUT2D eigenvalue weighted by atomic mass is 32.1. The molecule has 20 heavy (non-hydrogen) atoms. The van der Waals surface area contributed by atoms with E-state index >= 15 is 0 Å². The molecule has 0 bridgehead atoms. The van der Waals surface area contributed by atoms with Gasteiger partial charge in [-0.3, -0.25) is 0 Å². The molecule has 2 aromatic carbocycles. The minimum Gasteiger partial charge on any atom is -0.332 e. The number of hydrogen-bond donors (Lipinski definition) is 1. The largest absolute Gasteiger partial charge is 0.332 e. The predicted molar refractivity (Wildman–Crippen MR) is 91.2 cm³/mol. The van der Waals surface area contributed by atoms with E-state index < -0.39 is 0 Å². The minimum atomic E-state index is 0.716. The van der Waals surface area contributed by atoms with E-state index in [2.05, 4.69) is 41.8 Å². The van der Waals surface area contributed by atoms with Crippen molar-refractivity contribution in [2.75, 3.05) is 16.8 Å². The Morgan fingerprint density at radius 3 is 2.40 bits per heavy atom. The molecule has 0 saturated carbocycles. The third-order valence-corrected chi connectivity index (χ3v) is 3.47. The molecule has 1 radical (unpaired) electrons. The molecule has 2 rings (SSSR count). The molecule has 0 saturated heterocycles. The van der Waals surface area contributed by atoms with E-state index in [0.717, 1.165) is 23.5 Å². The first-order valence-corrected chi connectivity index (χ1v) is 7.19. The Bertz CT molecular complexity index is 566. The molecule has 0 spiro atoms. The second-order valence-corrected chi connectivity index (χ2v) is 4.77. The van der Waals surface area contributed by atoms with E-state index in [4.69, 9.17) is 12.2 Å². The Kier molecular flexibility index (Phi) is 5.13. The van der Waals surface area contributed by atoms with Gasteiger partial charge in [0.1, 0.15) is 0 Å². The van der Waals surface area contributed by atoms with Crippen LogP contribution in [0.5, 0.6) is 0 Å². The fourth-order valence-electron chi connectivity index (χ4n) is 2.10. The highest BCUT2D eigenvalue weighted by Crippen LogP contribution is 2.19. The summed E-state index contributed by atoms with van der Waals surface area (Å²) in [6.07, 6.45) is 2.07. The van der Waals surface area contributed by atoms with Crippen molar-refractivity contribution in [3.63, 3.8) is 0 Å². The molecule has 0 aliphatic heterocycles. The zero-order valence-corrected chi connectivity index (χ0v) is 12.7. The second-order valence-electron chi connectivity index (χ2n) is 4.39. The third-order valence-electron chi connectivity index (χ3n) is 3.14. The number of para-hydroxylation sites is 2. The van der Waals surface area contributed by atoms with Gasteiger partial charge in [-0.15, -0.1) is 0 Å². The quantitative estimate of drug-likeness (QED) is 0.833. The fourth-order valence-corrected chi connectivity index (χ4v) is 2.44. The molecule has 0 heterocycles. The van der Waals surface area contributed by atoms with Crippen LogP contribution in [0.15, 0.2) is 54.6 Å². The van der Waals surface area contributed by atoms with Crippen LogP contribution in [0.2, 0.25) is 0 Å². The standard InChI is InChI=1S/C17H19N2S/c1-3-14-10-8-9-13-16(14)18-17(20)19(4-2)15-11-6-5-7-12-15/h3,5-13H,4H2,1-2H3,(H,18,20). The lowest BCUT2D eigenvalue weighted by Gasteiger charge is -2.25. The highest BCUT2D eigenvalue weighted by molar-refractivity contribution is 7.80. The first-order chi connectivity index (χ1) is 9.76. The molecule has 0 atom stereocenters. The molecule has 0 aliphatic carbocycles. The van der Waals surface area contributed by atoms with Gasteiger partial charge in [-0.25, -0.2) is 0 Å². The molecule has 0 aliphatic rings. The average molecular weight is 283 g/mol. The molecule has 0 aromatic heterocycles. The van der Waals surface area contributed by atoms with Crippen LogP contribution in [0, 0.1) is 6.42 Å². The predicted octanol–water partition coefficient (Wildman–Crippen LogP) is 4.48. The van der Waals surface area contributed by atoms with Gasteiger partial charge >= 0.3 is 0 Å². The minimum absolute atomic E-state index is 0.716. The first-order valence-electron chi connectivity index (χ1n) is 6.78. The van der Waals surface area contributed by atoms with Gasteiger partial charge in [0.05, 0.1) is 0 Å². The Balaban J connectivity index is 2.18. The molecule has 2 aromatic rings. The number of nitrogens with zero attached hydrogens (tertiary/aromatic N) is 1. The second kappa shape index (κ2) is 7.06. The molecule has 3 heteroatoms. The number of benzene rings is 2. The van der Waals surface area contributed by atoms with Gasteiger partial charge < -0.3 is 10.2 Å². The molecule has 1 N–H and O–H groups in total. The van der Waals surface area contributed by atoms with Crippen LogP contribution in [-0.2, 0) is 0 Å². The SMILES string of the molecule is C[CH]c1ccccc1NC(=S)N(CC)c1ccccc1. The summed E-state index contributed by atoms with van der Waals surface area (Å²) >= 11 is 5.55. The lowest BCUT2D eigenvalue weighted by atomic mass is 10.1. The van der Waals surface area contributed by atoms with Crippen molar-refractivity contribution in [3.05, 3.63) is 66.6 Å². The number of anilines is 2. The Hall–Kier alpha value is -1.87. The summed E-state index contributed by atoms with van der Waals surface area (Å²) in [5, 5.41) is 4.05. The number of hydrogen-bond acceptors (Lipinski definition) is 1. The van der Waals surface area contributed by atoms with Gasteiger partial charge in [0.2, 0.25) is 0 Å². The Morgan fingerprint density at radius 2 is 1.75 bits per heavy atom. The van der Waals surface area contributed by atoms with Crippen molar-refractivity contribution in [2.24, 2.45) is 0 Å². The van der Waals surface area contributed by atoms with E-state index in [0.29, 0.717) is 5.11 Å². The van der Waals surface area contributed by atoms with Crippen LogP contribution in [0.1, 0.15) is 19.4 Å². The van der Waals surface area contributed by atoms with Crippen molar-refractivity contribution in [2.45, 2.75) is 13.8 Å². The number of rotatable bonds is 4. The zero-order chi connectivity index (χ0) is 14.4. The molecular weight excluding hydrogens is 264 g/mol. The maximum atomic E-state index is 5.55. The molecule has 0 fully saturated rings. The Morgan fingerprint density at radius 1 is 1.10 bits per heavy atom. The van der Waals surface area contributed by atoms with Gasteiger partial charge in [0.25, 0.3) is 0 Å². The zero-order valence-electron chi connectivity index (χ0n) is 11.8. The molecular formula is C17H19N2S. The average Bonchev–Trinajstić information content (AvgIpc) is 2.49. The van der Waals surface area contributed by atoms with Crippen LogP contribution in [0.3, 0.4) is 0 Å². The summed E-state index contributed by atoms with van der Waals surface area (Å²) in [5.74, 6) is 0. The lowest BCUT2D eigenvalue weighted by Crippen LogP contribution is -2.34. The topological polar surface area (TPSA) is 15.3 Å². The summed E-state index contributed by atoms with van der Waals surface area (Å²) in [7, 11) is 0. The summed E-state index contributed by atoms with van der Waals surface area (Å²) in [6.45, 7) is 4.95. The summed E-state index contributed by atoms with van der Waals surface area (Å²) < 4.78 is 0. The van der Waals surface area contributed by atoms with Gasteiger partial charge in [-0.05, 0) is 49.3 Å². The van der Waals surface area contributed by atoms with Crippen LogP contribution in [0.4, 0.5) is 11.4 Å². The van der Waals surface area contributed by atoms with E-state index in [1.54, 1.807) is 0 Å². The van der Waals surface area contributed by atoms with Gasteiger partial charge in [-0.2, -0.15) is 0 Å². The highest BCUT2D eigenvalue weighted by Gasteiger charge is 2.11. The van der Waals surface area contributed by atoms with Crippen LogP contribution >= 0.6 is 12.2 Å². The molecule has 0 amide bonds. The van der Waals surface area contributed by atoms with E-state index in [1.165, 1.54) is 0 Å². The van der Waals surface area contributed by atoms with Crippen LogP contribution in [-0.4, -0.2) is 11.7 Å². The van der Waals surface area contributed by atoms with Crippen molar-refractivity contribution in [3.8, 4) is 0 Å². The van der Waals surface area contributed by atoms with Crippen LogP contribution in [0.25, 0.3) is 0 Å². The summed E-state index contributed by atoms with van der Waals surface area (Å²) in [6, 6.07) is 18.3. The first kappa shape index (κ1) is 14.5. The molecule has 2 nitrogen and oxygen atoms in total. The monoisotopic (exact) mass is 283 g/mol. The van der Waals surface area contributed by atoms with Gasteiger partial charge in [0, 0.05) is 17.9 Å². The molecule has 0 unspecified atom stereocenters. The van der Waals surface area contributed by atoms with Crippen molar-refractivity contribution in [1.29, 1.82) is 0 Å². The maximum Gasteiger partial charge on any atom is 0.177 e. The third kappa shape index (κ3) is 3.36. The summed E-state index contributed by atoms with van der Waals surface area (Å²) in [5.41, 5.74) is 3.29. The lowest BCUT2D eigenvalue weighted by molar-refractivity contribution is 1.07. The van der Waals surface area contributed by atoms with E-state index in [-0.39, 0.29) is 0 Å². The van der Waals surface area contributed by atoms with Crippen molar-refractivity contribution >= 4 is 28.7 Å². The van der Waals surface area contributed by atoms with E-state index in [9.17, 15) is 0 Å². The molecule has 103 valence electrons. The summed E-state index contributed by atoms with van der Waals surface area (Å²) in [4.78, 5) is 2.09. The normalized spacial score (nSPS) is 10.1. The van der Waals surface area contributed by atoms with Crippen molar-refractivity contribution in [1.82, 2.24) is 0 Å². The fraction of sp³-hybridized carbons (Fsp3) is 0.176. The smallest absolute Gasteiger partial charge is 0.177 e. The van der Waals surface area contributed by atoms with Gasteiger partial charge in [0.15, 0.2) is 5.11 Å². The number of thiocarbonyl (C=S) groups is 1. The van der Waals surface area contributed by atoms with Gasteiger partial charge in [-0.1, -0.05) is 43.3 Å². The number of nitrogens with one attached hydrogen (secondary N) is 1. The van der Waals surface area contributed by atoms with Crippen molar-refractivity contribution < 1.29 is 0 Å². The Labute approximate surface area is 126 Å². The van der Waals surface area contributed by atoms with E-state index in [1.807, 2.05) is 43.3 Å². The maximum absolute atomic E-state index is 5.55.